The van der Waals surface area contributed by atoms with Gasteiger partial charge in [0.1, 0.15) is 11.8 Å². The van der Waals surface area contributed by atoms with E-state index in [9.17, 15) is 14.4 Å². The van der Waals surface area contributed by atoms with Gasteiger partial charge in [0.05, 0.1) is 7.11 Å². The molecule has 1 rings (SSSR count). The lowest BCUT2D eigenvalue weighted by Gasteiger charge is -2.20. The van der Waals surface area contributed by atoms with E-state index in [1.165, 1.54) is 21.1 Å². The van der Waals surface area contributed by atoms with Crippen molar-refractivity contribution in [3.05, 3.63) is 35.9 Å². The highest BCUT2D eigenvalue weighted by Gasteiger charge is 2.27. The highest BCUT2D eigenvalue weighted by Crippen LogP contribution is 2.17. The number of nitrogens with one attached hydrogen (secondary N) is 1. The average Bonchev–Trinajstić information content (AvgIpc) is 2.52. The highest BCUT2D eigenvalue weighted by atomic mass is 16.5. The molecule has 0 heterocycles. The summed E-state index contributed by atoms with van der Waals surface area (Å²) in [6.45, 7) is 1.43. The van der Waals surface area contributed by atoms with Crippen molar-refractivity contribution in [1.82, 2.24) is 5.32 Å². The molecule has 0 radical (unpaired) electrons. The molecule has 6 heteroatoms. The summed E-state index contributed by atoms with van der Waals surface area (Å²) in [5.74, 6) is -1.10. The summed E-state index contributed by atoms with van der Waals surface area (Å²) in [4.78, 5) is 35.1. The molecule has 0 spiro atoms. The van der Waals surface area contributed by atoms with Crippen LogP contribution in [0, 0.1) is 0 Å². The highest BCUT2D eigenvalue weighted by molar-refractivity contribution is 5.88. The Morgan fingerprint density at radius 1 is 1.14 bits per heavy atom. The van der Waals surface area contributed by atoms with E-state index in [4.69, 9.17) is 4.74 Å². The molecule has 1 N–H and O–H groups in total. The van der Waals surface area contributed by atoms with Crippen LogP contribution in [0.1, 0.15) is 31.4 Å². The molecule has 0 aromatic heterocycles. The number of Topliss-reactive ketones (excluding diaryl/α,β-unsaturated/α-hetero) is 1. The van der Waals surface area contributed by atoms with Crippen LogP contribution >= 0.6 is 0 Å². The van der Waals surface area contributed by atoms with Crippen LogP contribution in [0.4, 0.5) is 0 Å². The van der Waals surface area contributed by atoms with Gasteiger partial charge in [0.15, 0.2) is 6.10 Å². The van der Waals surface area contributed by atoms with Gasteiger partial charge in [-0.15, -0.1) is 0 Å². The molecule has 120 valence electrons. The van der Waals surface area contributed by atoms with E-state index in [-0.39, 0.29) is 18.6 Å². The van der Waals surface area contributed by atoms with Crippen molar-refractivity contribution in [2.75, 3.05) is 14.2 Å². The lowest BCUT2D eigenvalue weighted by molar-refractivity contribution is -0.147. The van der Waals surface area contributed by atoms with Crippen molar-refractivity contribution < 1.29 is 23.9 Å². The largest absolute Gasteiger partial charge is 0.467 e. The van der Waals surface area contributed by atoms with Crippen molar-refractivity contribution in [2.45, 2.75) is 31.9 Å². The first kappa shape index (κ1) is 17.8. The van der Waals surface area contributed by atoms with Gasteiger partial charge in [0.2, 0.25) is 0 Å². The average molecular weight is 307 g/mol. The molecule has 1 aromatic carbocycles. The van der Waals surface area contributed by atoms with E-state index >= 15 is 0 Å². The lowest BCUT2D eigenvalue weighted by Crippen LogP contribution is -2.44. The van der Waals surface area contributed by atoms with Crippen LogP contribution in [0.25, 0.3) is 0 Å². The minimum atomic E-state index is -0.872. The van der Waals surface area contributed by atoms with E-state index in [2.05, 4.69) is 10.1 Å². The quantitative estimate of drug-likeness (QED) is 0.734. The van der Waals surface area contributed by atoms with E-state index < -0.39 is 24.0 Å². The summed E-state index contributed by atoms with van der Waals surface area (Å²) >= 11 is 0. The molecular formula is C16H21NO5. The Hall–Kier alpha value is -2.21. The van der Waals surface area contributed by atoms with Gasteiger partial charge in [-0.3, -0.25) is 4.79 Å². The summed E-state index contributed by atoms with van der Waals surface area (Å²) in [7, 11) is 2.65. The number of ether oxygens (including phenoxy) is 2. The Kier molecular flexibility index (Phi) is 7.25. The standard InChI is InChI=1S/C16H21NO5/c1-11(18)9-10-13(16(20)22-3)17-15(19)14(21-2)12-7-5-4-6-8-12/h4-8,13-14H,9-10H2,1-3H3,(H,17,19)/t13-,14-/m1/s1. The predicted octanol–water partition coefficient (Wildman–Crippen LogP) is 1.40. The van der Waals surface area contributed by atoms with Gasteiger partial charge in [0, 0.05) is 13.5 Å². The Labute approximate surface area is 129 Å². The number of hydrogen-bond acceptors (Lipinski definition) is 5. The molecule has 6 nitrogen and oxygen atoms in total. The number of methoxy groups -OCH3 is 2. The van der Waals surface area contributed by atoms with Crippen LogP contribution < -0.4 is 5.32 Å². The number of benzene rings is 1. The minimum absolute atomic E-state index is 0.0606. The van der Waals surface area contributed by atoms with E-state index in [1.54, 1.807) is 24.3 Å². The second-order valence-corrected chi connectivity index (χ2v) is 4.85. The molecule has 0 aliphatic rings. The molecule has 0 unspecified atom stereocenters. The Balaban J connectivity index is 2.79. The van der Waals surface area contributed by atoms with Crippen molar-refractivity contribution in [3.63, 3.8) is 0 Å². The molecule has 0 saturated heterocycles. The molecule has 22 heavy (non-hydrogen) atoms. The molecule has 1 amide bonds. The molecule has 0 saturated carbocycles. The summed E-state index contributed by atoms with van der Waals surface area (Å²) < 4.78 is 9.87. The molecule has 0 aliphatic carbocycles. The van der Waals surface area contributed by atoms with Gasteiger partial charge in [-0.25, -0.2) is 4.79 Å². The zero-order chi connectivity index (χ0) is 16.5. The first-order valence-electron chi connectivity index (χ1n) is 6.95. The molecule has 2 atom stereocenters. The van der Waals surface area contributed by atoms with E-state index in [1.807, 2.05) is 6.07 Å². The van der Waals surface area contributed by atoms with Crippen molar-refractivity contribution in [3.8, 4) is 0 Å². The fourth-order valence-corrected chi connectivity index (χ4v) is 2.01. The maximum atomic E-state index is 12.3. The predicted molar refractivity (Wildman–Crippen MR) is 80.1 cm³/mol. The fourth-order valence-electron chi connectivity index (χ4n) is 2.01. The SMILES string of the molecule is COC(=O)[C@@H](CCC(C)=O)NC(=O)[C@H](OC)c1ccccc1. The second-order valence-electron chi connectivity index (χ2n) is 4.85. The van der Waals surface area contributed by atoms with Gasteiger partial charge in [-0.05, 0) is 18.9 Å². The third kappa shape index (κ3) is 5.29. The molecule has 1 aromatic rings. The van der Waals surface area contributed by atoms with Crippen LogP contribution in [-0.4, -0.2) is 37.9 Å². The maximum Gasteiger partial charge on any atom is 0.328 e. The Morgan fingerprint density at radius 2 is 1.77 bits per heavy atom. The number of amides is 1. The smallest absolute Gasteiger partial charge is 0.328 e. The molecular weight excluding hydrogens is 286 g/mol. The van der Waals surface area contributed by atoms with Gasteiger partial charge >= 0.3 is 5.97 Å². The van der Waals surface area contributed by atoms with Crippen LogP contribution in [0.15, 0.2) is 30.3 Å². The third-order valence-electron chi connectivity index (χ3n) is 3.16. The number of hydrogen-bond donors (Lipinski definition) is 1. The number of carbonyl (C=O) groups excluding carboxylic acids is 3. The maximum absolute atomic E-state index is 12.3. The molecule has 0 fully saturated rings. The van der Waals surface area contributed by atoms with Crippen molar-refractivity contribution >= 4 is 17.7 Å². The molecule has 0 bridgehead atoms. The number of ketones is 1. The summed E-state index contributed by atoms with van der Waals surface area (Å²) in [6, 6.07) is 8.07. The third-order valence-corrected chi connectivity index (χ3v) is 3.16. The van der Waals surface area contributed by atoms with E-state index in [0.717, 1.165) is 0 Å². The normalized spacial score (nSPS) is 13.0. The van der Waals surface area contributed by atoms with Crippen LogP contribution in [0.2, 0.25) is 0 Å². The van der Waals surface area contributed by atoms with E-state index in [0.29, 0.717) is 5.56 Å². The Bertz CT molecular complexity index is 515. The van der Waals surface area contributed by atoms with Gasteiger partial charge < -0.3 is 19.6 Å². The van der Waals surface area contributed by atoms with Crippen LogP contribution in [0.5, 0.6) is 0 Å². The minimum Gasteiger partial charge on any atom is -0.467 e. The van der Waals surface area contributed by atoms with Crippen LogP contribution in [0.3, 0.4) is 0 Å². The summed E-state index contributed by atoms with van der Waals surface area (Å²) in [5.41, 5.74) is 0.678. The first-order chi connectivity index (χ1) is 10.5. The summed E-state index contributed by atoms with van der Waals surface area (Å²) in [6.07, 6.45) is -0.451. The Morgan fingerprint density at radius 3 is 2.27 bits per heavy atom. The number of carbonyl (C=O) groups is 3. The van der Waals surface area contributed by atoms with Crippen molar-refractivity contribution in [1.29, 1.82) is 0 Å². The van der Waals surface area contributed by atoms with Gasteiger partial charge in [-0.1, -0.05) is 30.3 Å². The lowest BCUT2D eigenvalue weighted by atomic mass is 10.1. The number of rotatable bonds is 8. The van der Waals surface area contributed by atoms with Gasteiger partial charge in [-0.2, -0.15) is 0 Å². The zero-order valence-corrected chi connectivity index (χ0v) is 13.0. The molecule has 0 aliphatic heterocycles. The topological polar surface area (TPSA) is 81.7 Å². The second kappa shape index (κ2) is 8.94. The monoisotopic (exact) mass is 307 g/mol. The number of esters is 1. The summed E-state index contributed by atoms with van der Waals surface area (Å²) in [5, 5.41) is 2.58. The van der Waals surface area contributed by atoms with Gasteiger partial charge in [0.25, 0.3) is 5.91 Å². The zero-order valence-electron chi connectivity index (χ0n) is 13.0. The van der Waals surface area contributed by atoms with Crippen LogP contribution in [-0.2, 0) is 23.9 Å². The fraction of sp³-hybridized carbons (Fsp3) is 0.438. The van der Waals surface area contributed by atoms with Crippen molar-refractivity contribution in [2.24, 2.45) is 0 Å². The first-order valence-corrected chi connectivity index (χ1v) is 6.95.